The quantitative estimate of drug-likeness (QED) is 0.441. The molecule has 0 radical (unpaired) electrons. The van der Waals surface area contributed by atoms with Gasteiger partial charge in [-0.1, -0.05) is 19.9 Å². The van der Waals surface area contributed by atoms with E-state index in [2.05, 4.69) is 5.32 Å². The van der Waals surface area contributed by atoms with Crippen molar-refractivity contribution in [3.63, 3.8) is 0 Å². The molecule has 0 aliphatic rings. The minimum absolute atomic E-state index is 0.00140. The number of carbonyl (C=O) groups is 1. The van der Waals surface area contributed by atoms with Crippen LogP contribution < -0.4 is 10.2 Å². The number of nitrogens with one attached hydrogen (secondary N) is 1. The molecule has 1 N–H and O–H groups in total. The van der Waals surface area contributed by atoms with Gasteiger partial charge in [-0.05, 0) is 72.1 Å². The third-order valence-corrected chi connectivity index (χ3v) is 7.10. The molecule has 0 aliphatic carbocycles. The number of rotatable bonds is 9. The molecule has 35 heavy (non-hydrogen) atoms. The molecule has 0 fully saturated rings. The van der Waals surface area contributed by atoms with Crippen molar-refractivity contribution in [2.75, 3.05) is 30.9 Å². The smallest absolute Gasteiger partial charge is 0.255 e. The van der Waals surface area contributed by atoms with E-state index >= 15 is 0 Å². The molecule has 0 saturated heterocycles. The van der Waals surface area contributed by atoms with Gasteiger partial charge in [-0.2, -0.15) is 4.31 Å². The lowest BCUT2D eigenvalue weighted by Gasteiger charge is -2.27. The number of nitrogens with zero attached hydrogens (tertiary/aromatic N) is 2. The molecule has 3 aromatic carbocycles. The predicted octanol–water partition coefficient (Wildman–Crippen LogP) is 5.13. The second kappa shape index (κ2) is 11.0. The third-order valence-electron chi connectivity index (χ3n) is 5.27. The third kappa shape index (κ3) is 6.64. The first-order valence-corrected chi connectivity index (χ1v) is 12.5. The molecular weight excluding hydrogens is 472 g/mol. The molecule has 186 valence electrons. The van der Waals surface area contributed by atoms with Crippen molar-refractivity contribution in [1.29, 1.82) is 0 Å². The second-order valence-corrected chi connectivity index (χ2v) is 10.8. The summed E-state index contributed by atoms with van der Waals surface area (Å²) in [7, 11) is -0.241. The molecule has 3 aromatic rings. The zero-order valence-electron chi connectivity index (χ0n) is 20.1. The van der Waals surface area contributed by atoms with E-state index in [-0.39, 0.29) is 29.5 Å². The summed E-state index contributed by atoms with van der Waals surface area (Å²) in [5.74, 6) is -1.48. The first kappa shape index (κ1) is 26.3. The van der Waals surface area contributed by atoms with Crippen molar-refractivity contribution in [3.05, 3.63) is 89.5 Å². The van der Waals surface area contributed by atoms with Crippen LogP contribution in [0.15, 0.2) is 71.6 Å². The number of anilines is 2. The van der Waals surface area contributed by atoms with Crippen LogP contribution in [0.25, 0.3) is 0 Å². The monoisotopic (exact) mass is 501 g/mol. The zero-order chi connectivity index (χ0) is 25.8. The van der Waals surface area contributed by atoms with E-state index in [1.54, 1.807) is 18.2 Å². The lowest BCUT2D eigenvalue weighted by atomic mass is 10.1. The Morgan fingerprint density at radius 2 is 1.63 bits per heavy atom. The van der Waals surface area contributed by atoms with Gasteiger partial charge in [-0.25, -0.2) is 17.2 Å². The first-order chi connectivity index (χ1) is 16.5. The van der Waals surface area contributed by atoms with Gasteiger partial charge in [0.25, 0.3) is 5.91 Å². The van der Waals surface area contributed by atoms with E-state index in [0.29, 0.717) is 11.3 Å². The Labute approximate surface area is 205 Å². The van der Waals surface area contributed by atoms with Crippen LogP contribution >= 0.6 is 0 Å². The topological polar surface area (TPSA) is 69.7 Å². The summed E-state index contributed by atoms with van der Waals surface area (Å²) >= 11 is 0. The molecule has 6 nitrogen and oxygen atoms in total. The van der Waals surface area contributed by atoms with E-state index in [9.17, 15) is 22.0 Å². The van der Waals surface area contributed by atoms with E-state index in [1.165, 1.54) is 34.6 Å². The Kier molecular flexibility index (Phi) is 8.24. The molecule has 0 saturated carbocycles. The summed E-state index contributed by atoms with van der Waals surface area (Å²) < 4.78 is 55.1. The largest absolute Gasteiger partial charge is 0.377 e. The number of benzene rings is 3. The summed E-state index contributed by atoms with van der Waals surface area (Å²) in [6, 6.07) is 15.3. The van der Waals surface area contributed by atoms with Crippen molar-refractivity contribution in [1.82, 2.24) is 4.31 Å². The van der Waals surface area contributed by atoms with Crippen LogP contribution in [0.5, 0.6) is 0 Å². The van der Waals surface area contributed by atoms with Crippen LogP contribution in [0, 0.1) is 17.6 Å². The van der Waals surface area contributed by atoms with Crippen molar-refractivity contribution in [3.8, 4) is 0 Å². The van der Waals surface area contributed by atoms with Crippen LogP contribution in [0.2, 0.25) is 0 Å². The Balaban J connectivity index is 1.96. The summed E-state index contributed by atoms with van der Waals surface area (Å²) in [5.41, 5.74) is 2.06. The second-order valence-electron chi connectivity index (χ2n) is 8.85. The average molecular weight is 502 g/mol. The number of hydrogen-bond donors (Lipinski definition) is 1. The molecule has 0 spiro atoms. The summed E-state index contributed by atoms with van der Waals surface area (Å²) in [6.07, 6.45) is 0. The Morgan fingerprint density at radius 3 is 2.23 bits per heavy atom. The molecule has 0 aromatic heterocycles. The molecule has 0 heterocycles. The van der Waals surface area contributed by atoms with Gasteiger partial charge in [-0.3, -0.25) is 4.79 Å². The Morgan fingerprint density at radius 1 is 0.943 bits per heavy atom. The van der Waals surface area contributed by atoms with Gasteiger partial charge in [0.15, 0.2) is 0 Å². The number of carbonyl (C=O) groups excluding carboxylic acids is 1. The van der Waals surface area contributed by atoms with Gasteiger partial charge in [0.1, 0.15) is 11.6 Å². The maximum atomic E-state index is 13.5. The zero-order valence-corrected chi connectivity index (χ0v) is 20.9. The predicted molar refractivity (Wildman–Crippen MR) is 134 cm³/mol. The first-order valence-electron chi connectivity index (χ1n) is 11.1. The maximum absolute atomic E-state index is 13.5. The van der Waals surface area contributed by atoms with Crippen LogP contribution in [0.1, 0.15) is 29.8 Å². The number of halogens is 2. The van der Waals surface area contributed by atoms with Gasteiger partial charge in [-0.15, -0.1) is 0 Å². The summed E-state index contributed by atoms with van der Waals surface area (Å²) in [4.78, 5) is 14.5. The highest BCUT2D eigenvalue weighted by Crippen LogP contribution is 2.28. The highest BCUT2D eigenvalue weighted by molar-refractivity contribution is 7.89. The average Bonchev–Trinajstić information content (AvgIpc) is 2.78. The fourth-order valence-corrected chi connectivity index (χ4v) is 5.24. The molecule has 1 amide bonds. The normalized spacial score (nSPS) is 11.7. The highest BCUT2D eigenvalue weighted by Gasteiger charge is 2.27. The fraction of sp³-hybridized carbons (Fsp3) is 0.269. The molecule has 9 heteroatoms. The van der Waals surface area contributed by atoms with Gasteiger partial charge in [0.2, 0.25) is 10.0 Å². The van der Waals surface area contributed by atoms with Gasteiger partial charge in [0, 0.05) is 44.1 Å². The van der Waals surface area contributed by atoms with Crippen LogP contribution in [-0.4, -0.2) is 39.3 Å². The lowest BCUT2D eigenvalue weighted by Crippen LogP contribution is -2.34. The molecule has 0 unspecified atom stereocenters. The summed E-state index contributed by atoms with van der Waals surface area (Å²) in [6.45, 7) is 4.10. The standard InChI is InChI=1S/C26H29F2N3O3S/c1-18(2)16-31(35(33,34)24-11-8-21(27)9-12-24)17-20-15-23(10-13-25(20)30(3)4)29-26(32)19-6-5-7-22(28)14-19/h5-15,18H,16-17H2,1-4H3,(H,29,32). The Bertz CT molecular complexity index is 1290. The van der Waals surface area contributed by atoms with Crippen molar-refractivity contribution in [2.45, 2.75) is 25.3 Å². The van der Waals surface area contributed by atoms with Crippen molar-refractivity contribution < 1.29 is 22.0 Å². The van der Waals surface area contributed by atoms with E-state index < -0.39 is 27.6 Å². The van der Waals surface area contributed by atoms with Crippen molar-refractivity contribution >= 4 is 27.3 Å². The minimum atomic E-state index is -3.92. The highest BCUT2D eigenvalue weighted by atomic mass is 32.2. The molecular formula is C26H29F2N3O3S. The maximum Gasteiger partial charge on any atom is 0.255 e. The fourth-order valence-electron chi connectivity index (χ4n) is 3.66. The van der Waals surface area contributed by atoms with E-state index in [1.807, 2.05) is 32.8 Å². The van der Waals surface area contributed by atoms with Gasteiger partial charge < -0.3 is 10.2 Å². The summed E-state index contributed by atoms with van der Waals surface area (Å²) in [5, 5.41) is 2.75. The lowest BCUT2D eigenvalue weighted by molar-refractivity contribution is 0.102. The molecule has 0 atom stereocenters. The van der Waals surface area contributed by atoms with Crippen molar-refractivity contribution in [2.24, 2.45) is 5.92 Å². The van der Waals surface area contributed by atoms with Crippen LogP contribution in [-0.2, 0) is 16.6 Å². The van der Waals surface area contributed by atoms with Gasteiger partial charge >= 0.3 is 0 Å². The molecule has 3 rings (SSSR count). The number of sulfonamides is 1. The Hall–Kier alpha value is -3.30. The SMILES string of the molecule is CC(C)CN(Cc1cc(NC(=O)c2cccc(F)c2)ccc1N(C)C)S(=O)(=O)c1ccc(F)cc1. The molecule has 0 bridgehead atoms. The van der Waals surface area contributed by atoms with Gasteiger partial charge in [0.05, 0.1) is 4.90 Å². The van der Waals surface area contributed by atoms with E-state index in [4.69, 9.17) is 0 Å². The minimum Gasteiger partial charge on any atom is -0.377 e. The molecule has 0 aliphatic heterocycles. The van der Waals surface area contributed by atoms with Crippen LogP contribution in [0.3, 0.4) is 0 Å². The number of amides is 1. The number of hydrogen-bond acceptors (Lipinski definition) is 4. The van der Waals surface area contributed by atoms with E-state index in [0.717, 1.165) is 23.9 Å². The van der Waals surface area contributed by atoms with Crippen LogP contribution in [0.4, 0.5) is 20.2 Å².